The SMILES string of the molecule is O=C(CC1CCC(S(=O)(=O)CC2CC2)CC1)NC1CCC(C(=O)N2CCCC(C3CCCCC3)C2)CC1. The molecule has 5 fully saturated rings. The van der Waals surface area contributed by atoms with Crippen molar-refractivity contribution < 1.29 is 18.0 Å². The quantitative estimate of drug-likeness (QED) is 0.461. The molecule has 0 spiro atoms. The van der Waals surface area contributed by atoms with Gasteiger partial charge < -0.3 is 10.2 Å². The molecule has 5 rings (SSSR count). The minimum absolute atomic E-state index is 0.116. The number of likely N-dealkylation sites (tertiary alicyclic amines) is 1. The number of carbonyl (C=O) groups excluding carboxylic acids is 2. The van der Waals surface area contributed by atoms with Crippen LogP contribution in [0.1, 0.15) is 116 Å². The average molecular weight is 535 g/mol. The smallest absolute Gasteiger partial charge is 0.225 e. The van der Waals surface area contributed by atoms with Gasteiger partial charge in [0.2, 0.25) is 11.8 Å². The van der Waals surface area contributed by atoms with Gasteiger partial charge in [-0.25, -0.2) is 8.42 Å². The maximum Gasteiger partial charge on any atom is 0.225 e. The molecule has 1 unspecified atom stereocenters. The van der Waals surface area contributed by atoms with E-state index in [1.165, 1.54) is 38.5 Å². The molecule has 1 heterocycles. The molecule has 0 aromatic carbocycles. The van der Waals surface area contributed by atoms with E-state index in [-0.39, 0.29) is 23.1 Å². The Morgan fingerprint density at radius 1 is 0.703 bits per heavy atom. The Morgan fingerprint density at radius 3 is 2.03 bits per heavy atom. The number of hydrogen-bond donors (Lipinski definition) is 1. The topological polar surface area (TPSA) is 83.5 Å². The third kappa shape index (κ3) is 7.51. The van der Waals surface area contributed by atoms with Crippen molar-refractivity contribution in [1.29, 1.82) is 0 Å². The number of rotatable bonds is 8. The number of amides is 2. The third-order valence-electron chi connectivity index (χ3n) is 10.5. The summed E-state index contributed by atoms with van der Waals surface area (Å²) in [5.74, 6) is 3.26. The van der Waals surface area contributed by atoms with Gasteiger partial charge in [-0.05, 0) is 101 Å². The van der Waals surface area contributed by atoms with Gasteiger partial charge in [-0.2, -0.15) is 0 Å². The molecule has 1 aliphatic heterocycles. The lowest BCUT2D eigenvalue weighted by atomic mass is 9.76. The molecule has 1 N–H and O–H groups in total. The molecule has 0 bridgehead atoms. The van der Waals surface area contributed by atoms with Crippen molar-refractivity contribution in [3.05, 3.63) is 0 Å². The van der Waals surface area contributed by atoms with Crippen molar-refractivity contribution in [3.8, 4) is 0 Å². The van der Waals surface area contributed by atoms with Gasteiger partial charge in [0.15, 0.2) is 9.84 Å². The molecule has 4 saturated carbocycles. The summed E-state index contributed by atoms with van der Waals surface area (Å²) in [6, 6.07) is 0.183. The molecule has 1 atom stereocenters. The Kier molecular flexibility index (Phi) is 9.19. The summed E-state index contributed by atoms with van der Waals surface area (Å²) in [4.78, 5) is 28.3. The highest BCUT2D eigenvalue weighted by Gasteiger charge is 2.37. The van der Waals surface area contributed by atoms with E-state index in [1.54, 1.807) is 0 Å². The molecule has 37 heavy (non-hydrogen) atoms. The van der Waals surface area contributed by atoms with Gasteiger partial charge >= 0.3 is 0 Å². The van der Waals surface area contributed by atoms with Gasteiger partial charge in [-0.1, -0.05) is 32.1 Å². The van der Waals surface area contributed by atoms with Gasteiger partial charge in [-0.3, -0.25) is 9.59 Å². The first kappa shape index (κ1) is 27.5. The number of sulfone groups is 1. The van der Waals surface area contributed by atoms with E-state index in [2.05, 4.69) is 10.2 Å². The van der Waals surface area contributed by atoms with Crippen LogP contribution < -0.4 is 5.32 Å². The van der Waals surface area contributed by atoms with Crippen molar-refractivity contribution in [2.45, 2.75) is 127 Å². The van der Waals surface area contributed by atoms with Crippen molar-refractivity contribution >= 4 is 21.7 Å². The number of nitrogens with zero attached hydrogens (tertiary/aromatic N) is 1. The van der Waals surface area contributed by atoms with Crippen LogP contribution in [-0.4, -0.2) is 55.3 Å². The number of hydrogen-bond acceptors (Lipinski definition) is 4. The van der Waals surface area contributed by atoms with Crippen molar-refractivity contribution in [1.82, 2.24) is 10.2 Å². The molecular formula is C30H50N2O4S. The normalized spacial score (nSPS) is 34.2. The Morgan fingerprint density at radius 2 is 1.35 bits per heavy atom. The van der Waals surface area contributed by atoms with E-state index in [9.17, 15) is 18.0 Å². The maximum absolute atomic E-state index is 13.3. The second-order valence-electron chi connectivity index (χ2n) is 13.3. The van der Waals surface area contributed by atoms with Crippen LogP contribution in [0.3, 0.4) is 0 Å². The summed E-state index contributed by atoms with van der Waals surface area (Å²) in [6.07, 6.45) is 18.7. The molecule has 0 radical (unpaired) electrons. The molecule has 5 aliphatic rings. The minimum atomic E-state index is -2.96. The summed E-state index contributed by atoms with van der Waals surface area (Å²) in [5.41, 5.74) is 0. The molecule has 1 saturated heterocycles. The summed E-state index contributed by atoms with van der Waals surface area (Å²) >= 11 is 0. The molecular weight excluding hydrogens is 484 g/mol. The van der Waals surface area contributed by atoms with Crippen LogP contribution in [0.5, 0.6) is 0 Å². The van der Waals surface area contributed by atoms with Crippen LogP contribution in [-0.2, 0) is 19.4 Å². The molecule has 6 nitrogen and oxygen atoms in total. The first-order chi connectivity index (χ1) is 17.9. The Bertz CT molecular complexity index is 879. The first-order valence-electron chi connectivity index (χ1n) is 15.7. The summed E-state index contributed by atoms with van der Waals surface area (Å²) < 4.78 is 25.2. The van der Waals surface area contributed by atoms with Crippen LogP contribution in [0.2, 0.25) is 0 Å². The molecule has 210 valence electrons. The second kappa shape index (κ2) is 12.4. The number of nitrogens with one attached hydrogen (secondary N) is 1. The molecule has 0 aromatic rings. The molecule has 7 heteroatoms. The number of carbonyl (C=O) groups is 2. The Labute approximate surface area is 225 Å². The van der Waals surface area contributed by atoms with E-state index in [1.807, 2.05) is 0 Å². The van der Waals surface area contributed by atoms with Crippen molar-refractivity contribution in [2.24, 2.45) is 29.6 Å². The van der Waals surface area contributed by atoms with E-state index in [0.717, 1.165) is 89.6 Å². The van der Waals surface area contributed by atoms with Gasteiger partial charge in [0.25, 0.3) is 0 Å². The largest absolute Gasteiger partial charge is 0.353 e. The summed E-state index contributed by atoms with van der Waals surface area (Å²) in [7, 11) is -2.96. The summed E-state index contributed by atoms with van der Waals surface area (Å²) in [6.45, 7) is 1.91. The van der Waals surface area contributed by atoms with Crippen LogP contribution in [0.15, 0.2) is 0 Å². The predicted octanol–water partition coefficient (Wildman–Crippen LogP) is 5.25. The molecule has 4 aliphatic carbocycles. The lowest BCUT2D eigenvalue weighted by Gasteiger charge is -2.40. The minimum Gasteiger partial charge on any atom is -0.353 e. The highest BCUT2D eigenvalue weighted by atomic mass is 32.2. The van der Waals surface area contributed by atoms with E-state index in [4.69, 9.17) is 0 Å². The average Bonchev–Trinajstić information content (AvgIpc) is 3.73. The Hall–Kier alpha value is -1.11. The fourth-order valence-corrected chi connectivity index (χ4v) is 10.2. The first-order valence-corrected chi connectivity index (χ1v) is 17.4. The zero-order chi connectivity index (χ0) is 25.8. The van der Waals surface area contributed by atoms with E-state index >= 15 is 0 Å². The van der Waals surface area contributed by atoms with Crippen LogP contribution in [0.25, 0.3) is 0 Å². The van der Waals surface area contributed by atoms with Crippen LogP contribution in [0.4, 0.5) is 0 Å². The highest BCUT2D eigenvalue weighted by Crippen LogP contribution is 2.37. The van der Waals surface area contributed by atoms with Gasteiger partial charge in [0.1, 0.15) is 0 Å². The molecule has 0 aromatic heterocycles. The summed E-state index contributed by atoms with van der Waals surface area (Å²) in [5, 5.41) is 3.07. The standard InChI is InChI=1S/C30H50N2O4S/c33-29(19-22-10-16-28(17-11-22)37(35,36)21-23-8-9-23)31-27-14-12-25(13-15-27)30(34)32-18-4-7-26(20-32)24-5-2-1-3-6-24/h22-28H,1-21H2,(H,31,33). The number of piperidine rings is 1. The predicted molar refractivity (Wildman–Crippen MR) is 147 cm³/mol. The van der Waals surface area contributed by atoms with E-state index < -0.39 is 9.84 Å². The fourth-order valence-electron chi connectivity index (χ4n) is 7.94. The van der Waals surface area contributed by atoms with Crippen LogP contribution in [0, 0.1) is 29.6 Å². The maximum atomic E-state index is 13.3. The van der Waals surface area contributed by atoms with Gasteiger partial charge in [-0.15, -0.1) is 0 Å². The van der Waals surface area contributed by atoms with Gasteiger partial charge in [0.05, 0.1) is 11.0 Å². The lowest BCUT2D eigenvalue weighted by Crippen LogP contribution is -2.47. The third-order valence-corrected chi connectivity index (χ3v) is 12.9. The van der Waals surface area contributed by atoms with Crippen molar-refractivity contribution in [2.75, 3.05) is 18.8 Å². The molecule has 2 amide bonds. The zero-order valence-electron chi connectivity index (χ0n) is 22.9. The second-order valence-corrected chi connectivity index (χ2v) is 15.6. The Balaban J connectivity index is 0.996. The van der Waals surface area contributed by atoms with Gasteiger partial charge in [0, 0.05) is 31.5 Å². The van der Waals surface area contributed by atoms with Crippen molar-refractivity contribution in [3.63, 3.8) is 0 Å². The lowest BCUT2D eigenvalue weighted by molar-refractivity contribution is -0.139. The fraction of sp³-hybridized carbons (Fsp3) is 0.933. The van der Waals surface area contributed by atoms with Crippen LogP contribution >= 0.6 is 0 Å². The highest BCUT2D eigenvalue weighted by molar-refractivity contribution is 7.92. The zero-order valence-corrected chi connectivity index (χ0v) is 23.7. The van der Waals surface area contributed by atoms with E-state index in [0.29, 0.717) is 35.8 Å². The monoisotopic (exact) mass is 534 g/mol.